The van der Waals surface area contributed by atoms with Gasteiger partial charge in [0.25, 0.3) is 5.82 Å². The van der Waals surface area contributed by atoms with Crippen LogP contribution in [0.4, 0.5) is 0 Å². The highest BCUT2D eigenvalue weighted by atomic mass is 15.1. The minimum atomic E-state index is 0.999. The predicted molar refractivity (Wildman–Crippen MR) is 131 cm³/mol. The molecule has 1 aromatic heterocycles. The zero-order valence-electron chi connectivity index (χ0n) is 18.7. The van der Waals surface area contributed by atoms with Gasteiger partial charge in [-0.3, -0.25) is 0 Å². The minimum absolute atomic E-state index is 0.999. The highest BCUT2D eigenvalue weighted by Gasteiger charge is 2.36. The van der Waals surface area contributed by atoms with Crippen LogP contribution in [0, 0.1) is 6.92 Å². The summed E-state index contributed by atoms with van der Waals surface area (Å²) in [7, 11) is 4.43. The Morgan fingerprint density at radius 1 is 0.688 bits per heavy atom. The summed E-state index contributed by atoms with van der Waals surface area (Å²) in [5.74, 6) is 1.30. The van der Waals surface area contributed by atoms with E-state index in [4.69, 9.17) is 0 Å². The SMILES string of the molecule is Cc1c2c(c3c(c1-c1n(C)c4ccccc4[n+]1C)Cc1ccccc1-3)-c1ccccc1C2. The predicted octanol–water partition coefficient (Wildman–Crippen LogP) is 6.12. The van der Waals surface area contributed by atoms with E-state index in [0.717, 1.165) is 12.8 Å². The van der Waals surface area contributed by atoms with Crippen LogP contribution < -0.4 is 4.57 Å². The lowest BCUT2D eigenvalue weighted by molar-refractivity contribution is -0.634. The van der Waals surface area contributed by atoms with Crippen LogP contribution in [-0.4, -0.2) is 4.57 Å². The molecule has 0 N–H and O–H groups in total. The van der Waals surface area contributed by atoms with Gasteiger partial charge in [-0.05, 0) is 82.0 Å². The first-order valence-electron chi connectivity index (χ1n) is 11.4. The van der Waals surface area contributed by atoms with Crippen molar-refractivity contribution in [2.24, 2.45) is 14.1 Å². The van der Waals surface area contributed by atoms with Crippen LogP contribution in [0.15, 0.2) is 72.8 Å². The van der Waals surface area contributed by atoms with Crippen LogP contribution >= 0.6 is 0 Å². The number of fused-ring (bicyclic) bond motifs is 8. The molecule has 7 rings (SSSR count). The lowest BCUT2D eigenvalue weighted by Crippen LogP contribution is -2.30. The van der Waals surface area contributed by atoms with E-state index in [9.17, 15) is 0 Å². The zero-order valence-corrected chi connectivity index (χ0v) is 18.7. The van der Waals surface area contributed by atoms with E-state index >= 15 is 0 Å². The summed E-state index contributed by atoms with van der Waals surface area (Å²) in [5.41, 5.74) is 17.1. The maximum absolute atomic E-state index is 2.38. The van der Waals surface area contributed by atoms with Crippen molar-refractivity contribution in [2.75, 3.05) is 0 Å². The van der Waals surface area contributed by atoms with E-state index in [0.29, 0.717) is 0 Å². The fourth-order valence-corrected chi connectivity index (χ4v) is 6.32. The van der Waals surface area contributed by atoms with Crippen molar-refractivity contribution in [3.8, 4) is 33.6 Å². The van der Waals surface area contributed by atoms with Crippen molar-refractivity contribution in [3.63, 3.8) is 0 Å². The van der Waals surface area contributed by atoms with E-state index in [2.05, 4.69) is 103 Å². The summed E-state index contributed by atoms with van der Waals surface area (Å²) < 4.78 is 4.77. The monoisotopic (exact) mass is 413 g/mol. The summed E-state index contributed by atoms with van der Waals surface area (Å²) >= 11 is 0. The molecule has 4 aromatic carbocycles. The highest BCUT2D eigenvalue weighted by molar-refractivity contribution is 6.00. The molecule has 154 valence electrons. The number of aryl methyl sites for hydroxylation is 2. The number of aromatic nitrogens is 2. The van der Waals surface area contributed by atoms with Gasteiger partial charge in [-0.1, -0.05) is 60.7 Å². The summed E-state index contributed by atoms with van der Waals surface area (Å²) in [6.45, 7) is 2.35. The summed E-state index contributed by atoms with van der Waals surface area (Å²) in [5, 5.41) is 0. The van der Waals surface area contributed by atoms with Crippen LogP contribution in [0.2, 0.25) is 0 Å². The van der Waals surface area contributed by atoms with E-state index < -0.39 is 0 Å². The number of rotatable bonds is 1. The molecule has 2 heteroatoms. The highest BCUT2D eigenvalue weighted by Crippen LogP contribution is 2.53. The molecule has 2 aliphatic rings. The molecule has 2 aliphatic carbocycles. The fraction of sp³-hybridized carbons (Fsp3) is 0.167. The van der Waals surface area contributed by atoms with Gasteiger partial charge in [0.1, 0.15) is 0 Å². The van der Waals surface area contributed by atoms with Crippen molar-refractivity contribution in [1.82, 2.24) is 4.57 Å². The van der Waals surface area contributed by atoms with Crippen molar-refractivity contribution in [2.45, 2.75) is 19.8 Å². The number of hydrogen-bond donors (Lipinski definition) is 0. The molecule has 0 amide bonds. The van der Waals surface area contributed by atoms with E-state index in [1.807, 2.05) is 0 Å². The quantitative estimate of drug-likeness (QED) is 0.287. The Bertz CT molecular complexity index is 1560. The molecule has 2 nitrogen and oxygen atoms in total. The third-order valence-corrected chi connectivity index (χ3v) is 7.75. The first kappa shape index (κ1) is 18.0. The van der Waals surface area contributed by atoms with Gasteiger partial charge >= 0.3 is 0 Å². The van der Waals surface area contributed by atoms with Gasteiger partial charge in [-0.25, -0.2) is 9.13 Å². The molecule has 0 unspecified atom stereocenters. The van der Waals surface area contributed by atoms with Crippen molar-refractivity contribution < 1.29 is 4.57 Å². The second-order valence-electron chi connectivity index (χ2n) is 9.31. The molecule has 0 bridgehead atoms. The van der Waals surface area contributed by atoms with Gasteiger partial charge < -0.3 is 0 Å². The second kappa shape index (κ2) is 6.20. The van der Waals surface area contributed by atoms with Crippen molar-refractivity contribution in [1.29, 1.82) is 0 Å². The molecule has 0 fully saturated rings. The molecule has 0 aliphatic heterocycles. The van der Waals surface area contributed by atoms with E-state index in [1.54, 1.807) is 0 Å². The molecule has 0 saturated carbocycles. The number of benzene rings is 4. The van der Waals surface area contributed by atoms with E-state index in [1.165, 1.54) is 72.5 Å². The van der Waals surface area contributed by atoms with Gasteiger partial charge in [-0.2, -0.15) is 0 Å². The summed E-state index contributed by atoms with van der Waals surface area (Å²) in [6.07, 6.45) is 2.02. The molecule has 0 saturated heterocycles. The summed E-state index contributed by atoms with van der Waals surface area (Å²) in [6, 6.07) is 26.7. The summed E-state index contributed by atoms with van der Waals surface area (Å²) in [4.78, 5) is 0. The molecule has 0 radical (unpaired) electrons. The first-order chi connectivity index (χ1) is 15.6. The van der Waals surface area contributed by atoms with E-state index in [-0.39, 0.29) is 0 Å². The van der Waals surface area contributed by atoms with Gasteiger partial charge in [0.15, 0.2) is 11.0 Å². The lowest BCUT2D eigenvalue weighted by atomic mass is 9.86. The Kier molecular flexibility index (Phi) is 3.48. The maximum atomic E-state index is 2.38. The third kappa shape index (κ3) is 2.12. The molecule has 5 aromatic rings. The molecule has 32 heavy (non-hydrogen) atoms. The van der Waals surface area contributed by atoms with Crippen LogP contribution in [0.5, 0.6) is 0 Å². The normalized spacial score (nSPS) is 13.2. The number of nitrogens with zero attached hydrogens (tertiary/aromatic N) is 2. The van der Waals surface area contributed by atoms with Gasteiger partial charge in [0.2, 0.25) is 0 Å². The zero-order chi connectivity index (χ0) is 21.6. The standard InChI is InChI=1S/C30H25N2/c1-18-23-16-19-10-4-6-12-21(19)28(23)29-22-13-7-5-11-20(22)17-24(29)27(18)30-31(2)25-14-8-9-15-26(25)32(30)3/h4-15H,16-17H2,1-3H3/q+1. The van der Waals surface area contributed by atoms with Crippen LogP contribution in [-0.2, 0) is 26.9 Å². The Labute approximate surface area is 188 Å². The smallest absolute Gasteiger partial charge is 0.226 e. The van der Waals surface area contributed by atoms with Crippen molar-refractivity contribution >= 4 is 11.0 Å². The first-order valence-corrected chi connectivity index (χ1v) is 11.4. The number of para-hydroxylation sites is 2. The maximum Gasteiger partial charge on any atom is 0.289 e. The average molecular weight is 414 g/mol. The Balaban J connectivity index is 1.65. The number of hydrogen-bond acceptors (Lipinski definition) is 0. The largest absolute Gasteiger partial charge is 0.289 e. The second-order valence-corrected chi connectivity index (χ2v) is 9.31. The average Bonchev–Trinajstić information content (AvgIpc) is 3.46. The van der Waals surface area contributed by atoms with Gasteiger partial charge in [-0.15, -0.1) is 0 Å². The van der Waals surface area contributed by atoms with Gasteiger partial charge in [0, 0.05) is 0 Å². The number of imidazole rings is 1. The van der Waals surface area contributed by atoms with Crippen LogP contribution in [0.25, 0.3) is 44.7 Å². The van der Waals surface area contributed by atoms with Crippen LogP contribution in [0.3, 0.4) is 0 Å². The molecule has 0 atom stereocenters. The fourth-order valence-electron chi connectivity index (χ4n) is 6.32. The Morgan fingerprint density at radius 3 is 1.94 bits per heavy atom. The van der Waals surface area contributed by atoms with Crippen molar-refractivity contribution in [3.05, 3.63) is 101 Å². The molecule has 1 heterocycles. The van der Waals surface area contributed by atoms with Gasteiger partial charge in [0.05, 0.1) is 19.7 Å². The molecular weight excluding hydrogens is 388 g/mol. The molecular formula is C30H25N2+. The lowest BCUT2D eigenvalue weighted by Gasteiger charge is -2.17. The topological polar surface area (TPSA) is 8.81 Å². The minimum Gasteiger partial charge on any atom is -0.226 e. The Morgan fingerprint density at radius 2 is 1.25 bits per heavy atom. The molecule has 0 spiro atoms. The van der Waals surface area contributed by atoms with Crippen LogP contribution in [0.1, 0.15) is 27.8 Å². The Hall–Kier alpha value is -3.65. The third-order valence-electron chi connectivity index (χ3n) is 7.75.